The van der Waals surface area contributed by atoms with Crippen LogP contribution in [0.1, 0.15) is 25.7 Å². The van der Waals surface area contributed by atoms with Crippen molar-refractivity contribution in [2.24, 2.45) is 17.2 Å². The molecule has 0 aromatic rings. The maximum absolute atomic E-state index is 11.9. The van der Waals surface area contributed by atoms with Gasteiger partial charge in [-0.15, -0.1) is 0 Å². The molecular formula is C14H24N6O7. The Bertz CT molecular complexity index is 595. The minimum Gasteiger partial charge on any atom is -0.480 e. The molecule has 10 N–H and O–H groups in total. The summed E-state index contributed by atoms with van der Waals surface area (Å²) in [7, 11) is 0. The smallest absolute Gasteiger partial charge is 0.322 e. The van der Waals surface area contributed by atoms with Crippen LogP contribution in [0.4, 0.5) is 0 Å². The second-order valence-electron chi connectivity index (χ2n) is 5.57. The highest BCUT2D eigenvalue weighted by atomic mass is 16.4. The van der Waals surface area contributed by atoms with Crippen molar-refractivity contribution < 1.29 is 33.9 Å². The summed E-state index contributed by atoms with van der Waals surface area (Å²) in [6.07, 6.45) is -0.476. The number of primary amides is 2. The highest BCUT2D eigenvalue weighted by Crippen LogP contribution is 1.98. The third kappa shape index (κ3) is 11.9. The predicted molar refractivity (Wildman–Crippen MR) is 90.4 cm³/mol. The summed E-state index contributed by atoms with van der Waals surface area (Å²) in [5.74, 6) is -4.92. The number of rotatable bonds is 13. The van der Waals surface area contributed by atoms with E-state index in [-0.39, 0.29) is 25.7 Å². The molecule has 0 aromatic heterocycles. The van der Waals surface area contributed by atoms with E-state index in [1.54, 1.807) is 0 Å². The quantitative estimate of drug-likeness (QED) is 0.162. The van der Waals surface area contributed by atoms with Gasteiger partial charge in [-0.05, 0) is 12.8 Å². The molecule has 0 bridgehead atoms. The summed E-state index contributed by atoms with van der Waals surface area (Å²) in [6, 6.07) is -2.26. The SMILES string of the molecule is NC(=O)CCC(N)C(=O)NCC(=O)NC(CCC(N)=O)C(=O)NCC(=O)O. The Hall–Kier alpha value is -3.22. The molecule has 0 aliphatic heterocycles. The van der Waals surface area contributed by atoms with E-state index in [0.29, 0.717) is 0 Å². The van der Waals surface area contributed by atoms with Gasteiger partial charge >= 0.3 is 5.97 Å². The van der Waals surface area contributed by atoms with Crippen molar-refractivity contribution in [2.45, 2.75) is 37.8 Å². The molecule has 0 fully saturated rings. The largest absolute Gasteiger partial charge is 0.480 e. The molecule has 0 aliphatic carbocycles. The fraction of sp³-hybridized carbons (Fsp3) is 0.571. The number of carbonyl (C=O) groups is 6. The molecule has 152 valence electrons. The van der Waals surface area contributed by atoms with E-state index < -0.39 is 60.7 Å². The van der Waals surface area contributed by atoms with Crippen molar-refractivity contribution >= 4 is 35.5 Å². The minimum absolute atomic E-state index is 0.00160. The highest BCUT2D eigenvalue weighted by Gasteiger charge is 2.22. The van der Waals surface area contributed by atoms with Gasteiger partial charge in [0, 0.05) is 12.8 Å². The van der Waals surface area contributed by atoms with Crippen LogP contribution in [0, 0.1) is 0 Å². The zero-order valence-corrected chi connectivity index (χ0v) is 14.5. The van der Waals surface area contributed by atoms with Gasteiger partial charge < -0.3 is 38.3 Å². The minimum atomic E-state index is -1.29. The zero-order chi connectivity index (χ0) is 21.0. The summed E-state index contributed by atoms with van der Waals surface area (Å²) in [5.41, 5.74) is 15.5. The summed E-state index contributed by atoms with van der Waals surface area (Å²) in [4.78, 5) is 67.5. The molecule has 0 spiro atoms. The van der Waals surface area contributed by atoms with Crippen molar-refractivity contribution in [2.75, 3.05) is 13.1 Å². The van der Waals surface area contributed by atoms with E-state index in [4.69, 9.17) is 22.3 Å². The van der Waals surface area contributed by atoms with E-state index in [1.165, 1.54) is 0 Å². The first-order chi connectivity index (χ1) is 12.5. The number of carboxylic acid groups (broad SMARTS) is 1. The first-order valence-electron chi connectivity index (χ1n) is 7.91. The third-order valence-electron chi connectivity index (χ3n) is 3.21. The molecule has 0 radical (unpaired) electrons. The summed E-state index contributed by atoms with van der Waals surface area (Å²) in [6.45, 7) is -1.20. The molecule has 0 saturated heterocycles. The van der Waals surface area contributed by atoms with Gasteiger partial charge in [-0.1, -0.05) is 0 Å². The Labute approximate surface area is 154 Å². The Balaban J connectivity index is 4.57. The van der Waals surface area contributed by atoms with Crippen LogP contribution in [-0.2, 0) is 28.8 Å². The van der Waals surface area contributed by atoms with Crippen molar-refractivity contribution in [1.82, 2.24) is 16.0 Å². The molecule has 0 aliphatic rings. The van der Waals surface area contributed by atoms with Crippen LogP contribution in [0.15, 0.2) is 0 Å². The fourth-order valence-corrected chi connectivity index (χ4v) is 1.81. The first-order valence-corrected chi connectivity index (χ1v) is 7.91. The van der Waals surface area contributed by atoms with Crippen molar-refractivity contribution in [3.63, 3.8) is 0 Å². The Morgan fingerprint density at radius 3 is 1.85 bits per heavy atom. The van der Waals surface area contributed by atoms with Gasteiger partial charge in [-0.2, -0.15) is 0 Å². The Morgan fingerprint density at radius 1 is 0.815 bits per heavy atom. The summed E-state index contributed by atoms with van der Waals surface area (Å²) >= 11 is 0. The van der Waals surface area contributed by atoms with Gasteiger partial charge in [0.1, 0.15) is 12.6 Å². The molecule has 27 heavy (non-hydrogen) atoms. The van der Waals surface area contributed by atoms with Crippen molar-refractivity contribution in [3.05, 3.63) is 0 Å². The van der Waals surface area contributed by atoms with Crippen LogP contribution in [0.25, 0.3) is 0 Å². The molecule has 13 nitrogen and oxygen atoms in total. The van der Waals surface area contributed by atoms with Crippen molar-refractivity contribution in [1.29, 1.82) is 0 Å². The highest BCUT2D eigenvalue weighted by molar-refractivity contribution is 5.92. The fourth-order valence-electron chi connectivity index (χ4n) is 1.81. The van der Waals surface area contributed by atoms with Crippen LogP contribution < -0.4 is 33.2 Å². The number of amides is 5. The van der Waals surface area contributed by atoms with E-state index in [2.05, 4.69) is 16.0 Å². The summed E-state index contributed by atoms with van der Waals surface area (Å²) in [5, 5.41) is 15.1. The number of hydrogen-bond donors (Lipinski definition) is 7. The van der Waals surface area contributed by atoms with Gasteiger partial charge in [0.15, 0.2) is 0 Å². The molecule has 0 heterocycles. The lowest BCUT2D eigenvalue weighted by molar-refractivity contribution is -0.138. The summed E-state index contributed by atoms with van der Waals surface area (Å²) < 4.78 is 0. The van der Waals surface area contributed by atoms with Gasteiger partial charge in [-0.25, -0.2) is 0 Å². The lowest BCUT2D eigenvalue weighted by Gasteiger charge is -2.18. The number of nitrogens with two attached hydrogens (primary N) is 3. The molecule has 2 atom stereocenters. The molecule has 0 saturated carbocycles. The van der Waals surface area contributed by atoms with Gasteiger partial charge in [0.25, 0.3) is 0 Å². The molecule has 0 aromatic carbocycles. The maximum atomic E-state index is 11.9. The predicted octanol–water partition coefficient (Wildman–Crippen LogP) is -4.35. The van der Waals surface area contributed by atoms with E-state index >= 15 is 0 Å². The van der Waals surface area contributed by atoms with Crippen molar-refractivity contribution in [3.8, 4) is 0 Å². The lowest BCUT2D eigenvalue weighted by atomic mass is 10.1. The van der Waals surface area contributed by atoms with Gasteiger partial charge in [0.2, 0.25) is 29.5 Å². The van der Waals surface area contributed by atoms with Crippen LogP contribution in [0.5, 0.6) is 0 Å². The van der Waals surface area contributed by atoms with Gasteiger partial charge in [-0.3, -0.25) is 28.8 Å². The number of carbonyl (C=O) groups excluding carboxylic acids is 5. The second-order valence-corrected chi connectivity index (χ2v) is 5.57. The average Bonchev–Trinajstić information content (AvgIpc) is 2.58. The lowest BCUT2D eigenvalue weighted by Crippen LogP contribution is -2.51. The zero-order valence-electron chi connectivity index (χ0n) is 14.5. The first kappa shape index (κ1) is 23.8. The molecular weight excluding hydrogens is 364 g/mol. The molecule has 0 rings (SSSR count). The molecule has 5 amide bonds. The van der Waals surface area contributed by atoms with Crippen LogP contribution in [-0.4, -0.2) is 65.8 Å². The van der Waals surface area contributed by atoms with Crippen LogP contribution >= 0.6 is 0 Å². The number of nitrogens with one attached hydrogen (secondary N) is 3. The maximum Gasteiger partial charge on any atom is 0.322 e. The standard InChI is InChI=1S/C14H24N6O7/c15-7(1-3-9(16)21)13(26)18-5-11(23)20-8(2-4-10(17)22)14(27)19-6-12(24)25/h7-8H,1-6,15H2,(H2,16,21)(H2,17,22)(H,18,26)(H,19,27)(H,20,23)(H,24,25). The second kappa shape index (κ2) is 12.2. The number of carboxylic acids is 1. The topological polar surface area (TPSA) is 237 Å². The number of aliphatic carboxylic acids is 1. The average molecular weight is 388 g/mol. The van der Waals surface area contributed by atoms with E-state index in [1.807, 2.05) is 0 Å². The Kier molecular flexibility index (Phi) is 10.7. The van der Waals surface area contributed by atoms with Crippen LogP contribution in [0.2, 0.25) is 0 Å². The van der Waals surface area contributed by atoms with E-state index in [0.717, 1.165) is 0 Å². The molecule has 2 unspecified atom stereocenters. The monoisotopic (exact) mass is 388 g/mol. The number of hydrogen-bond acceptors (Lipinski definition) is 7. The normalized spacial score (nSPS) is 12.3. The third-order valence-corrected chi connectivity index (χ3v) is 3.21. The Morgan fingerprint density at radius 2 is 1.33 bits per heavy atom. The van der Waals surface area contributed by atoms with E-state index in [9.17, 15) is 28.8 Å². The van der Waals surface area contributed by atoms with Gasteiger partial charge in [0.05, 0.1) is 12.6 Å². The van der Waals surface area contributed by atoms with Crippen LogP contribution in [0.3, 0.4) is 0 Å². The molecule has 13 heteroatoms.